The number of hydrogen-bond donors (Lipinski definition) is 1. The highest BCUT2D eigenvalue weighted by atomic mass is 19.1. The Bertz CT molecular complexity index is 476. The van der Waals surface area contributed by atoms with Gasteiger partial charge in [0.2, 0.25) is 0 Å². The number of nitrogens with two attached hydrogens (primary N) is 1. The zero-order chi connectivity index (χ0) is 10.8. The van der Waals surface area contributed by atoms with Crippen LogP contribution in [-0.2, 0) is 6.54 Å². The van der Waals surface area contributed by atoms with Crippen molar-refractivity contribution in [2.24, 2.45) is 0 Å². The highest BCUT2D eigenvalue weighted by Crippen LogP contribution is 2.25. The molecule has 0 unspecified atom stereocenters. The molecule has 0 amide bonds. The molecule has 0 spiro atoms. The zero-order valence-corrected chi connectivity index (χ0v) is 8.44. The molecule has 1 heterocycles. The fourth-order valence-electron chi connectivity index (χ4n) is 1.58. The van der Waals surface area contributed by atoms with Gasteiger partial charge in [-0.25, -0.2) is 4.39 Å². The first-order valence-electron chi connectivity index (χ1n) is 4.79. The van der Waals surface area contributed by atoms with Crippen LogP contribution in [0.3, 0.4) is 0 Å². The van der Waals surface area contributed by atoms with Crippen molar-refractivity contribution in [3.8, 4) is 11.3 Å². The fraction of sp³-hybridized carbons (Fsp3) is 0.182. The Morgan fingerprint density at radius 3 is 2.87 bits per heavy atom. The highest BCUT2D eigenvalue weighted by Gasteiger charge is 2.07. The van der Waals surface area contributed by atoms with Crippen LogP contribution in [0, 0.1) is 5.82 Å². The smallest absolute Gasteiger partial charge is 0.125 e. The second-order valence-corrected chi connectivity index (χ2v) is 3.26. The van der Waals surface area contributed by atoms with Gasteiger partial charge in [-0.15, -0.1) is 0 Å². The van der Waals surface area contributed by atoms with Crippen LogP contribution in [0.4, 0.5) is 10.1 Å². The number of hydrogen-bond acceptors (Lipinski definition) is 2. The number of aryl methyl sites for hydroxylation is 1. The largest absolute Gasteiger partial charge is 0.398 e. The van der Waals surface area contributed by atoms with Gasteiger partial charge in [0.25, 0.3) is 0 Å². The fourth-order valence-corrected chi connectivity index (χ4v) is 1.58. The maximum atomic E-state index is 12.9. The first-order chi connectivity index (χ1) is 7.22. The number of rotatable bonds is 2. The van der Waals surface area contributed by atoms with E-state index in [4.69, 9.17) is 5.73 Å². The molecule has 1 aromatic heterocycles. The molecule has 78 valence electrons. The van der Waals surface area contributed by atoms with Crippen LogP contribution in [0.5, 0.6) is 0 Å². The van der Waals surface area contributed by atoms with Gasteiger partial charge in [-0.2, -0.15) is 5.10 Å². The molecule has 0 saturated carbocycles. The summed E-state index contributed by atoms with van der Waals surface area (Å²) >= 11 is 0. The van der Waals surface area contributed by atoms with E-state index in [-0.39, 0.29) is 5.82 Å². The molecule has 2 rings (SSSR count). The van der Waals surface area contributed by atoms with E-state index in [2.05, 4.69) is 5.10 Å². The highest BCUT2D eigenvalue weighted by molar-refractivity contribution is 5.73. The molecule has 0 aliphatic carbocycles. The minimum Gasteiger partial charge on any atom is -0.398 e. The van der Waals surface area contributed by atoms with Gasteiger partial charge in [-0.1, -0.05) is 0 Å². The lowest BCUT2D eigenvalue weighted by Crippen LogP contribution is -2.01. The molecule has 15 heavy (non-hydrogen) atoms. The monoisotopic (exact) mass is 205 g/mol. The standard InChI is InChI=1S/C11H12FN3/c1-2-15-11(5-6-14-15)9-4-3-8(12)7-10(9)13/h3-7H,2,13H2,1H3. The van der Waals surface area contributed by atoms with Crippen molar-refractivity contribution in [1.29, 1.82) is 0 Å². The Morgan fingerprint density at radius 1 is 1.40 bits per heavy atom. The van der Waals surface area contributed by atoms with Crippen LogP contribution in [-0.4, -0.2) is 9.78 Å². The summed E-state index contributed by atoms with van der Waals surface area (Å²) in [6.45, 7) is 2.76. The maximum Gasteiger partial charge on any atom is 0.125 e. The van der Waals surface area contributed by atoms with Gasteiger partial charge >= 0.3 is 0 Å². The second kappa shape index (κ2) is 3.73. The van der Waals surface area contributed by atoms with Crippen molar-refractivity contribution in [2.75, 3.05) is 5.73 Å². The normalized spacial score (nSPS) is 10.5. The summed E-state index contributed by atoms with van der Waals surface area (Å²) in [5.41, 5.74) is 7.92. The lowest BCUT2D eigenvalue weighted by Gasteiger charge is -2.07. The van der Waals surface area contributed by atoms with Crippen molar-refractivity contribution >= 4 is 5.69 Å². The van der Waals surface area contributed by atoms with E-state index in [1.165, 1.54) is 12.1 Å². The van der Waals surface area contributed by atoms with Gasteiger partial charge in [0.05, 0.1) is 5.69 Å². The maximum absolute atomic E-state index is 12.9. The summed E-state index contributed by atoms with van der Waals surface area (Å²) in [7, 11) is 0. The number of benzene rings is 1. The molecule has 0 bridgehead atoms. The Morgan fingerprint density at radius 2 is 2.20 bits per heavy atom. The first-order valence-corrected chi connectivity index (χ1v) is 4.79. The predicted molar refractivity (Wildman–Crippen MR) is 57.7 cm³/mol. The van der Waals surface area contributed by atoms with Crippen molar-refractivity contribution in [3.63, 3.8) is 0 Å². The number of anilines is 1. The molecular formula is C11H12FN3. The molecule has 0 fully saturated rings. The molecule has 2 aromatic rings. The number of aromatic nitrogens is 2. The Kier molecular flexibility index (Phi) is 2.41. The van der Waals surface area contributed by atoms with Crippen LogP contribution in [0.2, 0.25) is 0 Å². The molecule has 3 nitrogen and oxygen atoms in total. The molecule has 4 heteroatoms. The van der Waals surface area contributed by atoms with Crippen molar-refractivity contribution < 1.29 is 4.39 Å². The van der Waals surface area contributed by atoms with Crippen LogP contribution in [0.25, 0.3) is 11.3 Å². The third-order valence-corrected chi connectivity index (χ3v) is 2.31. The number of nitrogen functional groups attached to an aromatic ring is 1. The third-order valence-electron chi connectivity index (χ3n) is 2.31. The summed E-state index contributed by atoms with van der Waals surface area (Å²) in [5, 5.41) is 4.14. The molecule has 0 saturated heterocycles. The van der Waals surface area contributed by atoms with Gasteiger partial charge < -0.3 is 5.73 Å². The predicted octanol–water partition coefficient (Wildman–Crippen LogP) is 2.29. The molecule has 0 atom stereocenters. The van der Waals surface area contributed by atoms with Gasteiger partial charge in [0, 0.05) is 24.0 Å². The molecule has 0 aliphatic rings. The number of halogens is 1. The van der Waals surface area contributed by atoms with E-state index < -0.39 is 0 Å². The number of nitrogens with zero attached hydrogens (tertiary/aromatic N) is 2. The Balaban J connectivity index is 2.54. The average molecular weight is 205 g/mol. The second-order valence-electron chi connectivity index (χ2n) is 3.26. The topological polar surface area (TPSA) is 43.8 Å². The summed E-state index contributed by atoms with van der Waals surface area (Å²) < 4.78 is 14.7. The van der Waals surface area contributed by atoms with Crippen LogP contribution in [0.15, 0.2) is 30.5 Å². The van der Waals surface area contributed by atoms with E-state index in [0.717, 1.165) is 17.8 Å². The van der Waals surface area contributed by atoms with Crippen LogP contribution in [0.1, 0.15) is 6.92 Å². The zero-order valence-electron chi connectivity index (χ0n) is 8.44. The summed E-state index contributed by atoms with van der Waals surface area (Å²) in [6.07, 6.45) is 1.71. The van der Waals surface area contributed by atoms with Crippen LogP contribution < -0.4 is 5.73 Å². The Labute approximate surface area is 87.3 Å². The van der Waals surface area contributed by atoms with E-state index in [1.54, 1.807) is 12.3 Å². The molecule has 0 aliphatic heterocycles. The summed E-state index contributed by atoms with van der Waals surface area (Å²) in [6, 6.07) is 6.27. The van der Waals surface area contributed by atoms with Crippen LogP contribution >= 0.6 is 0 Å². The van der Waals surface area contributed by atoms with Gasteiger partial charge in [-0.3, -0.25) is 4.68 Å². The minimum absolute atomic E-state index is 0.321. The average Bonchev–Trinajstić information content (AvgIpc) is 2.65. The van der Waals surface area contributed by atoms with E-state index in [9.17, 15) is 4.39 Å². The SMILES string of the molecule is CCn1nccc1-c1ccc(F)cc1N. The van der Waals surface area contributed by atoms with Gasteiger partial charge in [0.15, 0.2) is 0 Å². The van der Waals surface area contributed by atoms with Crippen molar-refractivity contribution in [3.05, 3.63) is 36.3 Å². The molecular weight excluding hydrogens is 193 g/mol. The van der Waals surface area contributed by atoms with E-state index in [1.807, 2.05) is 17.7 Å². The quantitative estimate of drug-likeness (QED) is 0.764. The lowest BCUT2D eigenvalue weighted by atomic mass is 10.1. The Hall–Kier alpha value is -1.84. The van der Waals surface area contributed by atoms with Crippen molar-refractivity contribution in [1.82, 2.24) is 9.78 Å². The van der Waals surface area contributed by atoms with Crippen molar-refractivity contribution in [2.45, 2.75) is 13.5 Å². The van der Waals surface area contributed by atoms with E-state index in [0.29, 0.717) is 5.69 Å². The molecule has 0 radical (unpaired) electrons. The molecule has 1 aromatic carbocycles. The lowest BCUT2D eigenvalue weighted by molar-refractivity contribution is 0.628. The first kappa shape index (κ1) is 9.71. The molecule has 2 N–H and O–H groups in total. The summed E-state index contributed by atoms with van der Waals surface area (Å²) in [4.78, 5) is 0. The van der Waals surface area contributed by atoms with E-state index >= 15 is 0 Å². The van der Waals surface area contributed by atoms with Gasteiger partial charge in [0.1, 0.15) is 5.82 Å². The third kappa shape index (κ3) is 1.70. The summed E-state index contributed by atoms with van der Waals surface area (Å²) in [5.74, 6) is -0.321. The van der Waals surface area contributed by atoms with Gasteiger partial charge in [-0.05, 0) is 31.2 Å². The minimum atomic E-state index is -0.321.